The second-order valence-electron chi connectivity index (χ2n) is 7.85. The van der Waals surface area contributed by atoms with Gasteiger partial charge in [0.15, 0.2) is 4.87 Å². The number of benzene rings is 3. The van der Waals surface area contributed by atoms with Gasteiger partial charge in [-0.1, -0.05) is 48.0 Å². The number of fused-ring (bicyclic) bond motifs is 2. The van der Waals surface area contributed by atoms with Crippen molar-refractivity contribution in [2.45, 2.75) is 18.3 Å². The van der Waals surface area contributed by atoms with Gasteiger partial charge in [-0.15, -0.1) is 11.8 Å². The van der Waals surface area contributed by atoms with E-state index in [0.717, 1.165) is 16.8 Å². The van der Waals surface area contributed by atoms with E-state index >= 15 is 0 Å². The van der Waals surface area contributed by atoms with Gasteiger partial charge in [0.25, 0.3) is 11.8 Å². The third kappa shape index (κ3) is 3.13. The predicted molar refractivity (Wildman–Crippen MR) is 120 cm³/mol. The van der Waals surface area contributed by atoms with Crippen molar-refractivity contribution >= 4 is 29.3 Å². The molecule has 1 saturated heterocycles. The van der Waals surface area contributed by atoms with Gasteiger partial charge in [0.1, 0.15) is 5.82 Å². The SMILES string of the molecule is Cc1ccc(C(=O)N2CCS[C@]23C(=O)N(Cc2cccc(F)c2)c2ccccc23)cc1. The van der Waals surface area contributed by atoms with Gasteiger partial charge in [0.05, 0.1) is 12.2 Å². The van der Waals surface area contributed by atoms with Crippen molar-refractivity contribution in [1.29, 1.82) is 0 Å². The molecule has 6 heteroatoms. The minimum absolute atomic E-state index is 0.152. The maximum absolute atomic E-state index is 13.9. The fourth-order valence-corrected chi connectivity index (χ4v) is 5.86. The molecule has 0 radical (unpaired) electrons. The number of hydrogen-bond donors (Lipinski definition) is 0. The Morgan fingerprint density at radius 1 is 1.06 bits per heavy atom. The number of nitrogens with zero attached hydrogens (tertiary/aromatic N) is 2. The number of para-hydroxylation sites is 1. The van der Waals surface area contributed by atoms with Crippen LogP contribution in [-0.2, 0) is 16.2 Å². The molecule has 0 saturated carbocycles. The molecule has 0 aromatic heterocycles. The van der Waals surface area contributed by atoms with Gasteiger partial charge in [-0.25, -0.2) is 4.39 Å². The lowest BCUT2D eigenvalue weighted by Gasteiger charge is -2.33. The summed E-state index contributed by atoms with van der Waals surface area (Å²) in [7, 11) is 0. The lowest BCUT2D eigenvalue weighted by atomic mass is 10.0. The summed E-state index contributed by atoms with van der Waals surface area (Å²) in [6, 6.07) is 21.3. The van der Waals surface area contributed by atoms with E-state index in [0.29, 0.717) is 23.4 Å². The standard InChI is InChI=1S/C25H21FN2O2S/c1-17-9-11-19(12-10-17)23(29)28-13-14-31-25(28)21-7-2-3-8-22(21)27(24(25)30)16-18-5-4-6-20(26)15-18/h2-12,15H,13-14,16H2,1H3/t25-/m1/s1. The summed E-state index contributed by atoms with van der Waals surface area (Å²) in [4.78, 5) is 29.7. The number of rotatable bonds is 3. The van der Waals surface area contributed by atoms with Gasteiger partial charge in [0.2, 0.25) is 0 Å². The Balaban J connectivity index is 1.57. The Morgan fingerprint density at radius 3 is 2.61 bits per heavy atom. The van der Waals surface area contributed by atoms with Crippen molar-refractivity contribution in [2.24, 2.45) is 0 Å². The number of aryl methyl sites for hydroxylation is 1. The van der Waals surface area contributed by atoms with Crippen LogP contribution in [0, 0.1) is 12.7 Å². The topological polar surface area (TPSA) is 40.6 Å². The van der Waals surface area contributed by atoms with E-state index in [1.807, 2.05) is 55.5 Å². The van der Waals surface area contributed by atoms with Crippen molar-refractivity contribution in [1.82, 2.24) is 4.90 Å². The van der Waals surface area contributed by atoms with Crippen molar-refractivity contribution in [3.8, 4) is 0 Å². The smallest absolute Gasteiger partial charge is 0.268 e. The molecule has 156 valence electrons. The van der Waals surface area contributed by atoms with Crippen molar-refractivity contribution in [3.63, 3.8) is 0 Å². The van der Waals surface area contributed by atoms with Gasteiger partial charge in [-0.2, -0.15) is 0 Å². The maximum atomic E-state index is 13.9. The van der Waals surface area contributed by atoms with E-state index in [9.17, 15) is 14.0 Å². The number of hydrogen-bond acceptors (Lipinski definition) is 3. The summed E-state index contributed by atoms with van der Waals surface area (Å²) < 4.78 is 13.8. The first-order valence-electron chi connectivity index (χ1n) is 10.2. The third-order valence-corrected chi connectivity index (χ3v) is 7.29. The minimum atomic E-state index is -1.09. The highest BCUT2D eigenvalue weighted by Crippen LogP contribution is 2.54. The second-order valence-corrected chi connectivity index (χ2v) is 9.14. The number of halogens is 1. The minimum Gasteiger partial charge on any atom is -0.311 e. The summed E-state index contributed by atoms with van der Waals surface area (Å²) >= 11 is 1.49. The van der Waals surface area contributed by atoms with E-state index in [2.05, 4.69) is 0 Å². The third-order valence-electron chi connectivity index (χ3n) is 5.87. The Kier molecular flexibility index (Phi) is 4.82. The van der Waals surface area contributed by atoms with Crippen molar-refractivity contribution < 1.29 is 14.0 Å². The Hall–Kier alpha value is -3.12. The Labute approximate surface area is 184 Å². The molecule has 0 unspecified atom stereocenters. The molecule has 4 nitrogen and oxygen atoms in total. The molecule has 2 amide bonds. The number of carbonyl (C=O) groups excluding carboxylic acids is 2. The van der Waals surface area contributed by atoms with Gasteiger partial charge >= 0.3 is 0 Å². The van der Waals surface area contributed by atoms with Gasteiger partial charge in [0, 0.05) is 23.4 Å². The largest absolute Gasteiger partial charge is 0.311 e. The average Bonchev–Trinajstić information content (AvgIpc) is 3.31. The van der Waals surface area contributed by atoms with Gasteiger partial charge in [-0.3, -0.25) is 9.59 Å². The molecule has 0 N–H and O–H groups in total. The first-order chi connectivity index (χ1) is 15.0. The first-order valence-corrected chi connectivity index (χ1v) is 11.2. The summed E-state index contributed by atoms with van der Waals surface area (Å²) in [6.45, 7) is 2.72. The van der Waals surface area contributed by atoms with Crippen LogP contribution in [0.15, 0.2) is 72.8 Å². The zero-order valence-corrected chi connectivity index (χ0v) is 17.9. The van der Waals surface area contributed by atoms with Crippen molar-refractivity contribution in [3.05, 3.63) is 101 Å². The monoisotopic (exact) mass is 432 g/mol. The molecule has 1 fully saturated rings. The van der Waals surface area contributed by atoms with Crippen molar-refractivity contribution in [2.75, 3.05) is 17.2 Å². The second kappa shape index (κ2) is 7.54. The molecule has 5 rings (SSSR count). The number of thioether (sulfide) groups is 1. The zero-order valence-electron chi connectivity index (χ0n) is 17.0. The summed E-state index contributed by atoms with van der Waals surface area (Å²) in [5.41, 5.74) is 3.94. The highest BCUT2D eigenvalue weighted by molar-refractivity contribution is 8.01. The number of amides is 2. The summed E-state index contributed by atoms with van der Waals surface area (Å²) in [5, 5.41) is 0. The van der Waals surface area contributed by atoms with Crippen LogP contribution in [0.1, 0.15) is 27.0 Å². The lowest BCUT2D eigenvalue weighted by Crippen LogP contribution is -2.50. The Bertz CT molecular complexity index is 1180. The normalized spacial score (nSPS) is 19.9. The molecule has 3 aromatic carbocycles. The van der Waals surface area contributed by atoms with E-state index in [-0.39, 0.29) is 24.2 Å². The fraction of sp³-hybridized carbons (Fsp3) is 0.200. The van der Waals surface area contributed by atoms with E-state index < -0.39 is 4.87 Å². The van der Waals surface area contributed by atoms with Gasteiger partial charge in [-0.05, 0) is 42.8 Å². The van der Waals surface area contributed by atoms with E-state index in [4.69, 9.17) is 0 Å². The molecule has 1 spiro atoms. The van der Waals surface area contributed by atoms with Crippen LogP contribution in [0.5, 0.6) is 0 Å². The van der Waals surface area contributed by atoms with E-state index in [1.54, 1.807) is 21.9 Å². The molecule has 3 aromatic rings. The summed E-state index contributed by atoms with van der Waals surface area (Å²) in [5.74, 6) is 0.0334. The zero-order chi connectivity index (χ0) is 21.6. The molecule has 2 heterocycles. The molecular formula is C25H21FN2O2S. The Morgan fingerprint density at radius 2 is 1.84 bits per heavy atom. The van der Waals surface area contributed by atoms with Crippen LogP contribution >= 0.6 is 11.8 Å². The average molecular weight is 433 g/mol. The van der Waals surface area contributed by atoms with Crippen LogP contribution in [0.25, 0.3) is 0 Å². The predicted octanol–water partition coefficient (Wildman–Crippen LogP) is 4.72. The van der Waals surface area contributed by atoms with Gasteiger partial charge < -0.3 is 9.80 Å². The first kappa shape index (κ1) is 19.8. The molecule has 1 atom stereocenters. The molecule has 31 heavy (non-hydrogen) atoms. The van der Waals surface area contributed by atoms with E-state index in [1.165, 1.54) is 23.9 Å². The molecule has 0 aliphatic carbocycles. The fourth-order valence-electron chi connectivity index (χ4n) is 4.39. The molecule has 0 bridgehead atoms. The lowest BCUT2D eigenvalue weighted by molar-refractivity contribution is -0.123. The summed E-state index contributed by atoms with van der Waals surface area (Å²) in [6.07, 6.45) is 0. The highest BCUT2D eigenvalue weighted by atomic mass is 32.2. The number of carbonyl (C=O) groups is 2. The van der Waals surface area contributed by atoms with Crippen LogP contribution in [0.2, 0.25) is 0 Å². The van der Waals surface area contributed by atoms with Crippen LogP contribution < -0.4 is 4.90 Å². The molecule has 2 aliphatic rings. The quantitative estimate of drug-likeness (QED) is 0.601. The molecule has 2 aliphatic heterocycles. The number of anilines is 1. The van der Waals surface area contributed by atoms with Crippen LogP contribution in [-0.4, -0.2) is 29.0 Å². The maximum Gasteiger partial charge on any atom is 0.268 e. The van der Waals surface area contributed by atoms with Crippen LogP contribution in [0.4, 0.5) is 10.1 Å². The van der Waals surface area contributed by atoms with Crippen LogP contribution in [0.3, 0.4) is 0 Å². The highest BCUT2D eigenvalue weighted by Gasteiger charge is 2.59. The molecular weight excluding hydrogens is 411 g/mol.